The number of ketones is 4. The van der Waals surface area contributed by atoms with Crippen LogP contribution in [0.15, 0.2) is 70.8 Å². The molecule has 2 heterocycles. The van der Waals surface area contributed by atoms with E-state index in [1.54, 1.807) is 29.6 Å². The lowest BCUT2D eigenvalue weighted by molar-refractivity contribution is 0.0971. The first-order valence-electron chi connectivity index (χ1n) is 18.7. The number of hydrogen-bond acceptors (Lipinski definition) is 6. The fraction of sp³-hybridized carbons (Fsp3) is 0.289. The van der Waals surface area contributed by atoms with E-state index in [2.05, 4.69) is 12.1 Å². The van der Waals surface area contributed by atoms with E-state index >= 15 is 0 Å². The number of benzene rings is 2. The molecule has 10 rings (SSSR count). The first-order valence-corrected chi connectivity index (χ1v) is 20.3. The number of thiophene rings is 2. The van der Waals surface area contributed by atoms with E-state index in [9.17, 15) is 32.3 Å². The summed E-state index contributed by atoms with van der Waals surface area (Å²) in [5.41, 5.74) is 6.96. The van der Waals surface area contributed by atoms with E-state index in [0.717, 1.165) is 90.0 Å². The van der Waals surface area contributed by atoms with Crippen molar-refractivity contribution < 1.29 is 32.3 Å². The molecule has 0 saturated heterocycles. The highest BCUT2D eigenvalue weighted by atomic mass is 32.1. The highest BCUT2D eigenvalue weighted by molar-refractivity contribution is 7.23. The van der Waals surface area contributed by atoms with Gasteiger partial charge in [0.1, 0.15) is 5.82 Å². The lowest BCUT2D eigenvalue weighted by Gasteiger charge is -2.34. The lowest BCUT2D eigenvalue weighted by Crippen LogP contribution is -2.27. The van der Waals surface area contributed by atoms with Gasteiger partial charge in [0.15, 0.2) is 34.8 Å². The maximum Gasteiger partial charge on any atom is 0.198 e. The van der Waals surface area contributed by atoms with Gasteiger partial charge in [-0.05, 0) is 134 Å². The maximum atomic E-state index is 14.4. The number of fused-ring (bicyclic) bond motifs is 7. The Morgan fingerprint density at radius 1 is 0.519 bits per heavy atom. The van der Waals surface area contributed by atoms with Crippen molar-refractivity contribution in [3.05, 3.63) is 137 Å². The second kappa shape index (κ2) is 12.1. The van der Waals surface area contributed by atoms with Crippen molar-refractivity contribution in [1.29, 1.82) is 0 Å². The van der Waals surface area contributed by atoms with Gasteiger partial charge in [0.2, 0.25) is 0 Å². The molecule has 270 valence electrons. The largest absolute Gasteiger partial charge is 0.288 e. The maximum absolute atomic E-state index is 14.4. The van der Waals surface area contributed by atoms with E-state index in [-0.39, 0.29) is 44.6 Å². The van der Waals surface area contributed by atoms with Gasteiger partial charge in [0.25, 0.3) is 0 Å². The molecule has 2 aromatic carbocycles. The molecule has 54 heavy (non-hydrogen) atoms. The zero-order chi connectivity index (χ0) is 37.2. The molecule has 4 aromatic rings. The molecule has 4 nitrogen and oxygen atoms in total. The predicted molar refractivity (Wildman–Crippen MR) is 204 cm³/mol. The second-order valence-corrected chi connectivity index (χ2v) is 17.6. The SMILES string of the molecule is Cc1cc2c(cc1F)C(=O)/C(=C1\C=C(c3cc4c(s3)-c3sc(C5=CC(=C6C(=O)c7cc(F)c(F)cc7C6=O)CCC5)cc3C43CCCCC3)CCC1)C2=O. The first-order chi connectivity index (χ1) is 26.0. The molecule has 1 saturated carbocycles. The minimum atomic E-state index is -1.14. The number of Topliss-reactive ketones (excluding diaryl/α,β-unsaturated/α-hetero) is 4. The van der Waals surface area contributed by atoms with Crippen LogP contribution in [0.1, 0.15) is 139 Å². The van der Waals surface area contributed by atoms with Gasteiger partial charge >= 0.3 is 0 Å². The Hall–Kier alpha value is -4.73. The third kappa shape index (κ3) is 4.80. The van der Waals surface area contributed by atoms with Crippen LogP contribution in [0.5, 0.6) is 0 Å². The van der Waals surface area contributed by atoms with Crippen LogP contribution < -0.4 is 0 Å². The number of hydrogen-bond donors (Lipinski definition) is 0. The molecule has 1 fully saturated rings. The summed E-state index contributed by atoms with van der Waals surface area (Å²) in [6.07, 6.45) is 13.9. The van der Waals surface area contributed by atoms with Crippen molar-refractivity contribution in [2.75, 3.05) is 0 Å². The van der Waals surface area contributed by atoms with Crippen molar-refractivity contribution in [2.45, 2.75) is 83.0 Å². The number of rotatable bonds is 2. The van der Waals surface area contributed by atoms with Crippen molar-refractivity contribution in [2.24, 2.45) is 0 Å². The van der Waals surface area contributed by atoms with Gasteiger partial charge in [-0.1, -0.05) is 31.4 Å². The van der Waals surface area contributed by atoms with Crippen LogP contribution >= 0.6 is 22.7 Å². The number of allylic oxidation sites excluding steroid dienone is 8. The predicted octanol–water partition coefficient (Wildman–Crippen LogP) is 11.7. The summed E-state index contributed by atoms with van der Waals surface area (Å²) in [5.74, 6) is -4.57. The third-order valence-corrected chi connectivity index (χ3v) is 15.0. The van der Waals surface area contributed by atoms with Gasteiger partial charge in [0, 0.05) is 47.2 Å². The highest BCUT2D eigenvalue weighted by Gasteiger charge is 2.47. The van der Waals surface area contributed by atoms with Crippen LogP contribution in [0.3, 0.4) is 0 Å². The molecule has 0 amide bonds. The smallest absolute Gasteiger partial charge is 0.198 e. The highest BCUT2D eigenvalue weighted by Crippen LogP contribution is 2.62. The zero-order valence-corrected chi connectivity index (χ0v) is 31.1. The summed E-state index contributed by atoms with van der Waals surface area (Å²) in [4.78, 5) is 58.5. The Balaban J connectivity index is 1.03. The summed E-state index contributed by atoms with van der Waals surface area (Å²) < 4.78 is 42.5. The van der Waals surface area contributed by atoms with Crippen molar-refractivity contribution in [3.63, 3.8) is 0 Å². The van der Waals surface area contributed by atoms with Gasteiger partial charge in [-0.3, -0.25) is 19.2 Å². The zero-order valence-electron chi connectivity index (χ0n) is 29.5. The first kappa shape index (κ1) is 33.8. The average molecular weight is 759 g/mol. The molecule has 1 spiro atoms. The van der Waals surface area contributed by atoms with Crippen LogP contribution in [0.4, 0.5) is 13.2 Å². The molecule has 0 unspecified atom stereocenters. The normalized spacial score (nSPS) is 21.5. The van der Waals surface area contributed by atoms with Crippen LogP contribution in [-0.2, 0) is 5.41 Å². The van der Waals surface area contributed by atoms with Gasteiger partial charge in [0.05, 0.1) is 11.1 Å². The summed E-state index contributed by atoms with van der Waals surface area (Å²) in [5, 5.41) is 0. The fourth-order valence-corrected chi connectivity index (χ4v) is 12.5. The molecule has 0 radical (unpaired) electrons. The molecular formula is C45H33F3O4S2. The van der Waals surface area contributed by atoms with E-state index in [1.807, 2.05) is 12.2 Å². The monoisotopic (exact) mass is 758 g/mol. The lowest BCUT2D eigenvalue weighted by atomic mass is 9.68. The standard InChI is InChI=1S/C45H33F3O4S2/c1-21-13-26-27(16-32(21)46)40(50)37(39(26)49)24-9-5-7-22(14-24)35-19-30-43(53-35)44-31(45(30)11-3-2-4-12-45)20-36(54-44)23-8-6-10-25(15-23)38-41(51)28-17-33(47)34(48)18-29(28)42(38)52/h13-20H,2-12H2,1H3/b37-24-. The Labute approximate surface area is 317 Å². The number of carbonyl (C=O) groups is 4. The molecule has 0 atom stereocenters. The van der Waals surface area contributed by atoms with Gasteiger partial charge < -0.3 is 0 Å². The number of halogens is 3. The minimum Gasteiger partial charge on any atom is -0.288 e. The summed E-state index contributed by atoms with van der Waals surface area (Å²) >= 11 is 3.53. The quantitative estimate of drug-likeness (QED) is 0.151. The Morgan fingerprint density at radius 2 is 0.944 bits per heavy atom. The van der Waals surface area contributed by atoms with Gasteiger partial charge in [-0.15, -0.1) is 22.7 Å². The Kier molecular flexibility index (Phi) is 7.60. The molecular weight excluding hydrogens is 726 g/mol. The van der Waals surface area contributed by atoms with Gasteiger partial charge in [-0.2, -0.15) is 0 Å². The third-order valence-electron chi connectivity index (χ3n) is 12.4. The van der Waals surface area contributed by atoms with E-state index in [0.29, 0.717) is 24.0 Å². The average Bonchev–Trinajstić information content (AvgIpc) is 3.96. The Bertz CT molecular complexity index is 2340. The molecule has 0 N–H and O–H groups in total. The van der Waals surface area contributed by atoms with Crippen LogP contribution in [-0.4, -0.2) is 23.1 Å². The Morgan fingerprint density at radius 3 is 1.41 bits per heavy atom. The van der Waals surface area contributed by atoms with E-state index in [1.165, 1.54) is 39.4 Å². The van der Waals surface area contributed by atoms with Crippen molar-refractivity contribution in [1.82, 2.24) is 0 Å². The summed E-state index contributed by atoms with van der Waals surface area (Å²) in [6, 6.07) is 9.05. The topological polar surface area (TPSA) is 68.3 Å². The van der Waals surface area contributed by atoms with Gasteiger partial charge in [-0.25, -0.2) is 13.2 Å². The molecule has 0 bridgehead atoms. The van der Waals surface area contributed by atoms with E-state index < -0.39 is 34.8 Å². The molecule has 0 aliphatic heterocycles. The molecule has 6 aliphatic carbocycles. The van der Waals surface area contributed by atoms with E-state index in [4.69, 9.17) is 0 Å². The fourth-order valence-electron chi connectivity index (χ4n) is 9.72. The summed E-state index contributed by atoms with van der Waals surface area (Å²) in [6.45, 7) is 1.60. The van der Waals surface area contributed by atoms with Crippen molar-refractivity contribution in [3.8, 4) is 9.75 Å². The van der Waals surface area contributed by atoms with Crippen LogP contribution in [0.25, 0.3) is 20.9 Å². The van der Waals surface area contributed by atoms with Crippen molar-refractivity contribution >= 4 is 57.0 Å². The minimum absolute atomic E-state index is 0.0208. The molecule has 2 aromatic heterocycles. The molecule has 6 aliphatic rings. The number of carbonyl (C=O) groups excluding carboxylic acids is 4. The molecule has 9 heteroatoms. The summed E-state index contributed by atoms with van der Waals surface area (Å²) in [7, 11) is 0. The van der Waals surface area contributed by atoms with Crippen LogP contribution in [0, 0.1) is 24.4 Å². The number of aryl methyl sites for hydroxylation is 1. The van der Waals surface area contributed by atoms with Crippen LogP contribution in [0.2, 0.25) is 0 Å². The second-order valence-electron chi connectivity index (χ2n) is 15.5.